The Morgan fingerprint density at radius 2 is 1.89 bits per heavy atom. The molecule has 0 radical (unpaired) electrons. The van der Waals surface area contributed by atoms with Gasteiger partial charge in [-0.3, -0.25) is 4.79 Å². The van der Waals surface area contributed by atoms with E-state index in [1.54, 1.807) is 39.0 Å². The highest BCUT2D eigenvalue weighted by Crippen LogP contribution is 2.29. The van der Waals surface area contributed by atoms with Gasteiger partial charge >= 0.3 is 0 Å². The molecule has 7 nitrogen and oxygen atoms in total. The van der Waals surface area contributed by atoms with Crippen LogP contribution in [0.3, 0.4) is 0 Å². The predicted octanol–water partition coefficient (Wildman–Crippen LogP) is 2.04. The molecule has 0 unspecified atom stereocenters. The molecule has 2 heterocycles. The van der Waals surface area contributed by atoms with Gasteiger partial charge in [-0.2, -0.15) is 0 Å². The van der Waals surface area contributed by atoms with E-state index in [0.717, 1.165) is 28.0 Å². The predicted molar refractivity (Wildman–Crippen MR) is 104 cm³/mol. The highest BCUT2D eigenvalue weighted by Gasteiger charge is 2.21. The van der Waals surface area contributed by atoms with Crippen LogP contribution in [0.2, 0.25) is 0 Å². The number of aromatic nitrogens is 3. The fraction of sp³-hybridized carbons (Fsp3) is 0.400. The van der Waals surface area contributed by atoms with Crippen molar-refractivity contribution >= 4 is 11.0 Å². The molecular weight excluding hydrogens is 346 g/mol. The van der Waals surface area contributed by atoms with E-state index >= 15 is 0 Å². The smallest absolute Gasteiger partial charge is 0.253 e. The summed E-state index contributed by atoms with van der Waals surface area (Å²) in [7, 11) is 5.03. The third kappa shape index (κ3) is 3.66. The molecule has 0 saturated carbocycles. The number of aryl methyl sites for hydroxylation is 2. The van der Waals surface area contributed by atoms with Gasteiger partial charge in [-0.15, -0.1) is 0 Å². The molecule has 0 bridgehead atoms. The summed E-state index contributed by atoms with van der Waals surface area (Å²) in [6, 6.07) is 7.43. The lowest BCUT2D eigenvalue weighted by atomic mass is 10.1. The third-order valence-corrected chi connectivity index (χ3v) is 4.64. The van der Waals surface area contributed by atoms with E-state index in [-0.39, 0.29) is 18.2 Å². The number of hydrogen-bond acceptors (Lipinski definition) is 5. The van der Waals surface area contributed by atoms with Crippen LogP contribution in [-0.2, 0) is 23.1 Å². The maximum absolute atomic E-state index is 12.1. The lowest BCUT2D eigenvalue weighted by molar-refractivity contribution is 0.0918. The van der Waals surface area contributed by atoms with Crippen LogP contribution in [0.25, 0.3) is 22.4 Å². The van der Waals surface area contributed by atoms with Gasteiger partial charge < -0.3 is 23.7 Å². The largest absolute Gasteiger partial charge is 0.392 e. The fourth-order valence-electron chi connectivity index (χ4n) is 3.39. The summed E-state index contributed by atoms with van der Waals surface area (Å²) in [5.74, 6) is 0.734. The van der Waals surface area contributed by atoms with Crippen LogP contribution in [-0.4, -0.2) is 46.7 Å². The van der Waals surface area contributed by atoms with E-state index in [1.807, 2.05) is 24.3 Å². The lowest BCUT2D eigenvalue weighted by Gasteiger charge is -2.21. The van der Waals surface area contributed by atoms with Crippen molar-refractivity contribution in [3.8, 4) is 11.4 Å². The number of benzene rings is 1. The summed E-state index contributed by atoms with van der Waals surface area (Å²) in [4.78, 5) is 16.9. The Balaban J connectivity index is 2.31. The second-order valence-electron chi connectivity index (χ2n) is 6.68. The minimum Gasteiger partial charge on any atom is -0.392 e. The van der Waals surface area contributed by atoms with Crippen LogP contribution in [0.4, 0.5) is 0 Å². The quantitative estimate of drug-likeness (QED) is 0.688. The Kier molecular flexibility index (Phi) is 5.74. The number of rotatable bonds is 7. The van der Waals surface area contributed by atoms with Crippen molar-refractivity contribution in [3.63, 3.8) is 0 Å². The van der Waals surface area contributed by atoms with Crippen LogP contribution >= 0.6 is 0 Å². The summed E-state index contributed by atoms with van der Waals surface area (Å²) < 4.78 is 14.5. The van der Waals surface area contributed by atoms with Crippen LogP contribution in [0.1, 0.15) is 17.2 Å². The Labute approximate surface area is 157 Å². The lowest BCUT2D eigenvalue weighted by Crippen LogP contribution is -2.22. The second kappa shape index (κ2) is 8.04. The first-order valence-electron chi connectivity index (χ1n) is 8.77. The molecule has 7 heteroatoms. The molecule has 0 atom stereocenters. The first-order valence-corrected chi connectivity index (χ1v) is 8.77. The molecule has 0 spiro atoms. The van der Waals surface area contributed by atoms with Crippen molar-refractivity contribution in [2.24, 2.45) is 7.05 Å². The van der Waals surface area contributed by atoms with E-state index in [0.29, 0.717) is 18.8 Å². The maximum atomic E-state index is 12.1. The molecule has 1 N–H and O–H groups in total. The van der Waals surface area contributed by atoms with Crippen LogP contribution < -0.4 is 5.56 Å². The molecule has 0 fully saturated rings. The maximum Gasteiger partial charge on any atom is 0.253 e. The molecule has 0 aliphatic rings. The molecular formula is C20H25N3O4. The van der Waals surface area contributed by atoms with Crippen molar-refractivity contribution in [1.82, 2.24) is 14.1 Å². The highest BCUT2D eigenvalue weighted by atomic mass is 16.5. The van der Waals surface area contributed by atoms with Gasteiger partial charge in [0.2, 0.25) is 0 Å². The van der Waals surface area contributed by atoms with Crippen LogP contribution in [0.15, 0.2) is 35.3 Å². The minimum absolute atomic E-state index is 0.0330. The zero-order valence-corrected chi connectivity index (χ0v) is 16.1. The number of nitrogens with zero attached hydrogens (tertiary/aromatic N) is 3. The summed E-state index contributed by atoms with van der Waals surface area (Å²) >= 11 is 0. The van der Waals surface area contributed by atoms with Crippen molar-refractivity contribution < 1.29 is 14.6 Å². The summed E-state index contributed by atoms with van der Waals surface area (Å²) in [6.07, 6.45) is 1.79. The molecule has 0 aliphatic carbocycles. The molecule has 3 rings (SSSR count). The second-order valence-corrected chi connectivity index (χ2v) is 6.68. The molecule has 0 amide bonds. The van der Waals surface area contributed by atoms with Crippen LogP contribution in [0, 0.1) is 6.92 Å². The molecule has 0 aliphatic heterocycles. The van der Waals surface area contributed by atoms with Gasteiger partial charge in [0.05, 0.1) is 36.9 Å². The van der Waals surface area contributed by atoms with Gasteiger partial charge in [-0.1, -0.05) is 6.07 Å². The molecule has 144 valence electrons. The van der Waals surface area contributed by atoms with Gasteiger partial charge in [0.25, 0.3) is 5.56 Å². The van der Waals surface area contributed by atoms with E-state index in [4.69, 9.17) is 14.5 Å². The Morgan fingerprint density at radius 3 is 2.48 bits per heavy atom. The monoisotopic (exact) mass is 371 g/mol. The number of pyridine rings is 1. The normalized spacial score (nSPS) is 11.6. The minimum atomic E-state index is -0.105. The summed E-state index contributed by atoms with van der Waals surface area (Å²) in [5.41, 5.74) is 3.97. The first kappa shape index (κ1) is 19.3. The first-order chi connectivity index (χ1) is 13.0. The number of methoxy groups -OCH3 is 2. The van der Waals surface area contributed by atoms with Gasteiger partial charge in [0.15, 0.2) is 0 Å². The molecule has 2 aromatic heterocycles. The summed E-state index contributed by atoms with van der Waals surface area (Å²) in [5, 5.41) is 9.54. The Morgan fingerprint density at radius 1 is 1.19 bits per heavy atom. The zero-order valence-electron chi connectivity index (χ0n) is 16.1. The van der Waals surface area contributed by atoms with E-state index in [9.17, 15) is 9.90 Å². The number of ether oxygens (including phenoxy) is 2. The highest BCUT2D eigenvalue weighted by molar-refractivity contribution is 5.81. The van der Waals surface area contributed by atoms with Gasteiger partial charge in [0.1, 0.15) is 5.82 Å². The van der Waals surface area contributed by atoms with Crippen molar-refractivity contribution in [2.75, 3.05) is 27.4 Å². The molecule has 0 saturated heterocycles. The summed E-state index contributed by atoms with van der Waals surface area (Å²) in [6.45, 7) is 2.64. The third-order valence-electron chi connectivity index (χ3n) is 4.64. The van der Waals surface area contributed by atoms with Crippen molar-refractivity contribution in [2.45, 2.75) is 19.6 Å². The van der Waals surface area contributed by atoms with Gasteiger partial charge in [-0.05, 0) is 30.7 Å². The Hall–Kier alpha value is -2.48. The number of imidazole rings is 1. The van der Waals surface area contributed by atoms with Crippen molar-refractivity contribution in [1.29, 1.82) is 0 Å². The van der Waals surface area contributed by atoms with E-state index in [1.165, 1.54) is 0 Å². The zero-order chi connectivity index (χ0) is 19.6. The van der Waals surface area contributed by atoms with E-state index < -0.39 is 0 Å². The van der Waals surface area contributed by atoms with Gasteiger partial charge in [-0.25, -0.2) is 4.98 Å². The number of fused-ring (bicyclic) bond motifs is 1. The number of aliphatic hydroxyl groups excluding tert-OH is 1. The SMILES string of the molecule is COCC(COC)n1c(-c2cc(C)c(=O)n(C)c2)nc2ccc(CO)cc21. The fourth-order valence-corrected chi connectivity index (χ4v) is 3.39. The van der Waals surface area contributed by atoms with Crippen molar-refractivity contribution in [3.05, 3.63) is 51.9 Å². The topological polar surface area (TPSA) is 78.5 Å². The average Bonchev–Trinajstić information content (AvgIpc) is 3.04. The standard InChI is InChI=1S/C20H25N3O4/c1-13-7-15(9-22(2)20(13)25)19-21-17-6-5-14(10-24)8-18(17)23(19)16(11-26-3)12-27-4/h5-9,16,24H,10-12H2,1-4H3. The Bertz CT molecular complexity index is 974. The molecule has 1 aromatic carbocycles. The van der Waals surface area contributed by atoms with E-state index in [2.05, 4.69) is 4.57 Å². The average molecular weight is 371 g/mol. The molecule has 3 aromatic rings. The van der Waals surface area contributed by atoms with Gasteiger partial charge in [0, 0.05) is 38.6 Å². The molecule has 27 heavy (non-hydrogen) atoms. The van der Waals surface area contributed by atoms with Crippen LogP contribution in [0.5, 0.6) is 0 Å². The number of hydrogen-bond donors (Lipinski definition) is 1. The number of aliphatic hydroxyl groups is 1.